The molecule has 0 atom stereocenters. The van der Waals surface area contributed by atoms with E-state index in [9.17, 15) is 4.79 Å². The lowest BCUT2D eigenvalue weighted by Crippen LogP contribution is -2.41. The quantitative estimate of drug-likeness (QED) is 0.361. The zero-order valence-corrected chi connectivity index (χ0v) is 8.79. The van der Waals surface area contributed by atoms with Crippen LogP contribution < -0.4 is 0 Å². The predicted octanol–water partition coefficient (Wildman–Crippen LogP) is 0.549. The van der Waals surface area contributed by atoms with Crippen molar-refractivity contribution in [2.45, 2.75) is 6.92 Å². The average molecular weight is 190 g/mol. The normalized spacial score (nSPS) is 13.2. The number of carbonyl (C=O) groups excluding carboxylic acids is 1. The Morgan fingerprint density at radius 1 is 1.17 bits per heavy atom. The van der Waals surface area contributed by atoms with E-state index >= 15 is 0 Å². The highest BCUT2D eigenvalue weighted by molar-refractivity contribution is 6.66. The highest BCUT2D eigenvalue weighted by atomic mass is 28.4. The molecule has 0 heterocycles. The van der Waals surface area contributed by atoms with Crippen molar-refractivity contribution in [3.8, 4) is 0 Å². The van der Waals surface area contributed by atoms with E-state index in [0.717, 1.165) is 6.29 Å². The van der Waals surface area contributed by atoms with Gasteiger partial charge in [-0.2, -0.15) is 0 Å². The molecule has 12 heavy (non-hydrogen) atoms. The molecule has 0 aromatic heterocycles. The molecule has 5 heteroatoms. The van der Waals surface area contributed by atoms with Crippen LogP contribution in [0.3, 0.4) is 0 Å². The van der Waals surface area contributed by atoms with Gasteiger partial charge < -0.3 is 13.3 Å². The first-order valence-corrected chi connectivity index (χ1v) is 5.24. The molecule has 4 nitrogen and oxygen atoms in total. The number of hydrogen-bond acceptors (Lipinski definition) is 4. The van der Waals surface area contributed by atoms with Crippen LogP contribution in [0.25, 0.3) is 0 Å². The molecular formula is C7H14O4Si. The Morgan fingerprint density at radius 2 is 1.58 bits per heavy atom. The van der Waals surface area contributed by atoms with E-state index in [1.807, 2.05) is 0 Å². The lowest BCUT2D eigenvalue weighted by molar-refractivity contribution is -0.104. The van der Waals surface area contributed by atoms with Crippen molar-refractivity contribution in [2.75, 3.05) is 21.3 Å². The maximum absolute atomic E-state index is 10.3. The van der Waals surface area contributed by atoms with Crippen LogP contribution in [0, 0.1) is 0 Å². The van der Waals surface area contributed by atoms with Crippen LogP contribution in [-0.4, -0.2) is 36.4 Å². The number of carbonyl (C=O) groups is 1. The molecule has 0 bridgehead atoms. The lowest BCUT2D eigenvalue weighted by Gasteiger charge is -2.20. The molecule has 0 aliphatic heterocycles. The van der Waals surface area contributed by atoms with Crippen LogP contribution in [0.1, 0.15) is 6.92 Å². The van der Waals surface area contributed by atoms with Gasteiger partial charge in [0.05, 0.1) is 0 Å². The monoisotopic (exact) mass is 190 g/mol. The third-order valence-electron chi connectivity index (χ3n) is 1.44. The van der Waals surface area contributed by atoms with Gasteiger partial charge in [-0.25, -0.2) is 0 Å². The Kier molecular flexibility index (Phi) is 4.99. The van der Waals surface area contributed by atoms with Crippen molar-refractivity contribution in [1.82, 2.24) is 0 Å². The standard InChI is InChI=1S/C7H14O4Si/c1-7(5-8)6-12(9-2,10-3)11-4/h5-6H,1-4H3. The van der Waals surface area contributed by atoms with Crippen molar-refractivity contribution in [3.63, 3.8) is 0 Å². The molecule has 0 N–H and O–H groups in total. The van der Waals surface area contributed by atoms with Gasteiger partial charge in [0.2, 0.25) is 0 Å². The van der Waals surface area contributed by atoms with Crippen LogP contribution >= 0.6 is 0 Å². The Balaban J connectivity index is 4.60. The first-order valence-electron chi connectivity index (χ1n) is 3.44. The molecule has 0 aromatic carbocycles. The molecule has 0 amide bonds. The van der Waals surface area contributed by atoms with E-state index in [1.54, 1.807) is 12.6 Å². The van der Waals surface area contributed by atoms with Crippen molar-refractivity contribution < 1.29 is 18.1 Å². The van der Waals surface area contributed by atoms with E-state index < -0.39 is 8.80 Å². The molecule has 0 aromatic rings. The van der Waals surface area contributed by atoms with Crippen molar-refractivity contribution >= 4 is 15.1 Å². The van der Waals surface area contributed by atoms with Gasteiger partial charge in [0.25, 0.3) is 0 Å². The van der Waals surface area contributed by atoms with Crippen LogP contribution in [0.15, 0.2) is 11.3 Å². The molecule has 0 radical (unpaired) electrons. The summed E-state index contributed by atoms with van der Waals surface area (Å²) in [5, 5.41) is 0. The average Bonchev–Trinajstić information content (AvgIpc) is 2.14. The number of allylic oxidation sites excluding steroid dienone is 1. The van der Waals surface area contributed by atoms with E-state index in [-0.39, 0.29) is 0 Å². The van der Waals surface area contributed by atoms with Crippen molar-refractivity contribution in [3.05, 3.63) is 11.3 Å². The summed E-state index contributed by atoms with van der Waals surface area (Å²) in [6.45, 7) is 1.67. The second kappa shape index (κ2) is 5.21. The molecule has 0 saturated heterocycles. The van der Waals surface area contributed by atoms with Crippen molar-refractivity contribution in [2.24, 2.45) is 0 Å². The molecule has 0 fully saturated rings. The first kappa shape index (κ1) is 11.5. The van der Waals surface area contributed by atoms with E-state index in [2.05, 4.69) is 0 Å². The number of rotatable bonds is 5. The maximum Gasteiger partial charge on any atom is 0.529 e. The van der Waals surface area contributed by atoms with Crippen LogP contribution in [0.5, 0.6) is 0 Å². The Hall–Kier alpha value is -0.493. The maximum atomic E-state index is 10.3. The van der Waals surface area contributed by atoms with Crippen LogP contribution in [0.4, 0.5) is 0 Å². The van der Waals surface area contributed by atoms with Crippen molar-refractivity contribution in [1.29, 1.82) is 0 Å². The van der Waals surface area contributed by atoms with Gasteiger partial charge in [-0.05, 0) is 18.2 Å². The lowest BCUT2D eigenvalue weighted by atomic mass is 10.4. The van der Waals surface area contributed by atoms with E-state index in [1.165, 1.54) is 21.3 Å². The summed E-state index contributed by atoms with van der Waals surface area (Å²) in [4.78, 5) is 10.3. The zero-order valence-electron chi connectivity index (χ0n) is 7.79. The smallest absolute Gasteiger partial charge is 0.374 e. The number of aldehydes is 1. The fourth-order valence-electron chi connectivity index (χ4n) is 0.740. The third-order valence-corrected chi connectivity index (χ3v) is 3.96. The molecule has 0 aliphatic rings. The van der Waals surface area contributed by atoms with E-state index in [0.29, 0.717) is 5.57 Å². The topological polar surface area (TPSA) is 44.8 Å². The SMILES string of the molecule is CO[Si](C=C(C)C=O)(OC)OC. The summed E-state index contributed by atoms with van der Waals surface area (Å²) >= 11 is 0. The Bertz CT molecular complexity index is 166. The molecule has 0 spiro atoms. The molecule has 0 saturated carbocycles. The summed E-state index contributed by atoms with van der Waals surface area (Å²) in [5.41, 5.74) is 2.15. The van der Waals surface area contributed by atoms with Gasteiger partial charge in [0.15, 0.2) is 0 Å². The zero-order chi connectivity index (χ0) is 9.61. The summed E-state index contributed by atoms with van der Waals surface area (Å²) in [5.74, 6) is 0. The molecule has 0 rings (SSSR count). The summed E-state index contributed by atoms with van der Waals surface area (Å²) < 4.78 is 15.2. The fourth-order valence-corrected chi connectivity index (χ4v) is 2.22. The molecule has 0 aliphatic carbocycles. The minimum absolute atomic E-state index is 0.548. The van der Waals surface area contributed by atoms with Gasteiger partial charge in [-0.15, -0.1) is 0 Å². The molecular weight excluding hydrogens is 176 g/mol. The van der Waals surface area contributed by atoms with Gasteiger partial charge in [0.1, 0.15) is 6.29 Å². The molecule has 70 valence electrons. The minimum Gasteiger partial charge on any atom is -0.374 e. The Morgan fingerprint density at radius 3 is 1.83 bits per heavy atom. The first-order chi connectivity index (χ1) is 5.64. The highest BCUT2D eigenvalue weighted by Gasteiger charge is 2.35. The second-order valence-corrected chi connectivity index (χ2v) is 4.94. The summed E-state index contributed by atoms with van der Waals surface area (Å²) in [6.07, 6.45) is 0.735. The van der Waals surface area contributed by atoms with Gasteiger partial charge >= 0.3 is 8.80 Å². The van der Waals surface area contributed by atoms with Gasteiger partial charge in [0, 0.05) is 21.3 Å². The highest BCUT2D eigenvalue weighted by Crippen LogP contribution is 2.09. The number of hydrogen-bond donors (Lipinski definition) is 0. The minimum atomic E-state index is -2.69. The summed E-state index contributed by atoms with van der Waals surface area (Å²) in [6, 6.07) is 0. The predicted molar refractivity (Wildman–Crippen MR) is 46.6 cm³/mol. The van der Waals surface area contributed by atoms with Crippen LogP contribution in [0.2, 0.25) is 0 Å². The summed E-state index contributed by atoms with van der Waals surface area (Å²) in [7, 11) is 1.79. The van der Waals surface area contributed by atoms with Crippen LogP contribution in [-0.2, 0) is 18.1 Å². The largest absolute Gasteiger partial charge is 0.529 e. The second-order valence-electron chi connectivity index (χ2n) is 2.22. The molecule has 0 unspecified atom stereocenters. The van der Waals surface area contributed by atoms with Gasteiger partial charge in [-0.3, -0.25) is 4.79 Å². The Labute approximate surface area is 73.5 Å². The van der Waals surface area contributed by atoms with Gasteiger partial charge in [-0.1, -0.05) is 0 Å². The van der Waals surface area contributed by atoms with E-state index in [4.69, 9.17) is 13.3 Å². The third kappa shape index (κ3) is 2.86. The fraction of sp³-hybridized carbons (Fsp3) is 0.571.